The fourth-order valence-electron chi connectivity index (χ4n) is 2.23. The summed E-state index contributed by atoms with van der Waals surface area (Å²) in [5, 5.41) is 11.6. The van der Waals surface area contributed by atoms with Crippen molar-refractivity contribution < 1.29 is 24.2 Å². The molecule has 2 N–H and O–H groups in total. The number of ether oxygens (including phenoxy) is 2. The third kappa shape index (κ3) is 3.72. The number of hydrogen-bond acceptors (Lipinski definition) is 4. The molecule has 0 spiro atoms. The molecule has 114 valence electrons. The van der Waals surface area contributed by atoms with Gasteiger partial charge in [0, 0.05) is 0 Å². The first kappa shape index (κ1) is 15.3. The molecule has 1 aromatic carbocycles. The maximum atomic E-state index is 12.1. The minimum atomic E-state index is -1.03. The topological polar surface area (TPSA) is 84.9 Å². The lowest BCUT2D eigenvalue weighted by molar-refractivity contribution is -0.150. The van der Waals surface area contributed by atoms with Crippen LogP contribution in [0.15, 0.2) is 18.2 Å². The van der Waals surface area contributed by atoms with Crippen molar-refractivity contribution in [2.75, 3.05) is 11.9 Å². The molecular formula is C15H19NO5. The van der Waals surface area contributed by atoms with Crippen molar-refractivity contribution in [1.82, 2.24) is 0 Å². The number of carboxylic acids is 1. The molecule has 0 aliphatic carbocycles. The van der Waals surface area contributed by atoms with E-state index in [0.29, 0.717) is 30.9 Å². The molecule has 1 aromatic rings. The maximum absolute atomic E-state index is 12.1. The Morgan fingerprint density at radius 1 is 1.38 bits per heavy atom. The fourth-order valence-corrected chi connectivity index (χ4v) is 2.23. The molecule has 6 nitrogen and oxygen atoms in total. The second-order valence-electron chi connectivity index (χ2n) is 4.95. The Morgan fingerprint density at radius 2 is 2.10 bits per heavy atom. The number of hydrogen-bond donors (Lipinski definition) is 2. The van der Waals surface area contributed by atoms with Crippen molar-refractivity contribution in [3.05, 3.63) is 23.8 Å². The minimum absolute atomic E-state index is 0.344. The summed E-state index contributed by atoms with van der Waals surface area (Å²) in [6.45, 7) is 4.30. The highest BCUT2D eigenvalue weighted by Crippen LogP contribution is 2.27. The Balaban J connectivity index is 2.05. The van der Waals surface area contributed by atoms with Crippen LogP contribution in [0.3, 0.4) is 0 Å². The lowest BCUT2D eigenvalue weighted by Gasteiger charge is -2.15. The lowest BCUT2D eigenvalue weighted by atomic mass is 10.1. The largest absolute Gasteiger partial charge is 0.492 e. The second-order valence-corrected chi connectivity index (χ2v) is 4.95. The van der Waals surface area contributed by atoms with Gasteiger partial charge in [0.1, 0.15) is 11.9 Å². The van der Waals surface area contributed by atoms with Gasteiger partial charge in [-0.3, -0.25) is 4.79 Å². The SMILES string of the molecule is CCOc1cc(C)ccc1NC(=O)C1CCC(C(=O)O)O1. The van der Waals surface area contributed by atoms with Crippen molar-refractivity contribution in [2.24, 2.45) is 0 Å². The van der Waals surface area contributed by atoms with Crippen LogP contribution in [0.1, 0.15) is 25.3 Å². The Bertz CT molecular complexity index is 543. The third-order valence-corrected chi connectivity index (χ3v) is 3.28. The van der Waals surface area contributed by atoms with E-state index in [1.54, 1.807) is 6.07 Å². The van der Waals surface area contributed by atoms with Crippen LogP contribution in [0, 0.1) is 6.92 Å². The molecule has 0 bridgehead atoms. The number of nitrogens with one attached hydrogen (secondary N) is 1. The molecule has 1 saturated heterocycles. The lowest BCUT2D eigenvalue weighted by Crippen LogP contribution is -2.30. The fraction of sp³-hybridized carbons (Fsp3) is 0.467. The van der Waals surface area contributed by atoms with E-state index >= 15 is 0 Å². The van der Waals surface area contributed by atoms with Gasteiger partial charge in [0.2, 0.25) is 0 Å². The third-order valence-electron chi connectivity index (χ3n) is 3.28. The molecule has 2 unspecified atom stereocenters. The van der Waals surface area contributed by atoms with Gasteiger partial charge in [0.25, 0.3) is 5.91 Å². The van der Waals surface area contributed by atoms with Crippen LogP contribution in [0.5, 0.6) is 5.75 Å². The number of benzene rings is 1. The molecule has 2 atom stereocenters. The average Bonchev–Trinajstić information content (AvgIpc) is 2.92. The van der Waals surface area contributed by atoms with Gasteiger partial charge >= 0.3 is 5.97 Å². The standard InChI is InChI=1S/C15H19NO5/c1-3-20-13-8-9(2)4-5-10(13)16-14(17)11-6-7-12(21-11)15(18)19/h4-5,8,11-12H,3,6-7H2,1-2H3,(H,16,17)(H,18,19). The van der Waals surface area contributed by atoms with Gasteiger partial charge in [-0.05, 0) is 44.4 Å². The Labute approximate surface area is 123 Å². The highest BCUT2D eigenvalue weighted by Gasteiger charge is 2.34. The molecule has 0 saturated carbocycles. The van der Waals surface area contributed by atoms with Crippen molar-refractivity contribution in [3.63, 3.8) is 0 Å². The van der Waals surface area contributed by atoms with E-state index in [1.165, 1.54) is 0 Å². The number of aliphatic carboxylic acids is 1. The summed E-state index contributed by atoms with van der Waals surface area (Å²) in [5.74, 6) is -0.780. The van der Waals surface area contributed by atoms with Crippen LogP contribution < -0.4 is 10.1 Å². The molecule has 2 rings (SSSR count). The zero-order valence-corrected chi connectivity index (χ0v) is 12.1. The van der Waals surface area contributed by atoms with Gasteiger partial charge < -0.3 is 19.9 Å². The van der Waals surface area contributed by atoms with Crippen LogP contribution in [-0.4, -0.2) is 35.8 Å². The Kier molecular flexibility index (Phi) is 4.80. The molecule has 1 fully saturated rings. The minimum Gasteiger partial charge on any atom is -0.492 e. The summed E-state index contributed by atoms with van der Waals surface area (Å²) in [7, 11) is 0. The molecule has 0 radical (unpaired) electrons. The van der Waals surface area contributed by atoms with Crippen molar-refractivity contribution in [2.45, 2.75) is 38.9 Å². The maximum Gasteiger partial charge on any atom is 0.332 e. The first-order valence-electron chi connectivity index (χ1n) is 6.94. The van der Waals surface area contributed by atoms with Gasteiger partial charge in [-0.2, -0.15) is 0 Å². The van der Waals surface area contributed by atoms with E-state index in [4.69, 9.17) is 14.6 Å². The van der Waals surface area contributed by atoms with Crippen LogP contribution in [0.4, 0.5) is 5.69 Å². The summed E-state index contributed by atoms with van der Waals surface area (Å²) in [5.41, 5.74) is 1.59. The average molecular weight is 293 g/mol. The molecule has 1 aliphatic heterocycles. The van der Waals surface area contributed by atoms with E-state index in [2.05, 4.69) is 5.32 Å². The number of amides is 1. The number of carbonyl (C=O) groups excluding carboxylic acids is 1. The summed E-state index contributed by atoms with van der Waals surface area (Å²) in [6, 6.07) is 5.48. The second kappa shape index (κ2) is 6.58. The quantitative estimate of drug-likeness (QED) is 0.867. The predicted octanol–water partition coefficient (Wildman–Crippen LogP) is 1.96. The van der Waals surface area contributed by atoms with Crippen molar-refractivity contribution in [1.29, 1.82) is 0 Å². The number of carbonyl (C=O) groups is 2. The molecule has 1 aliphatic rings. The molecule has 21 heavy (non-hydrogen) atoms. The predicted molar refractivity (Wildman–Crippen MR) is 76.5 cm³/mol. The monoisotopic (exact) mass is 293 g/mol. The number of anilines is 1. The van der Waals surface area contributed by atoms with E-state index in [-0.39, 0.29) is 5.91 Å². The molecule has 1 amide bonds. The first-order valence-corrected chi connectivity index (χ1v) is 6.94. The van der Waals surface area contributed by atoms with E-state index in [9.17, 15) is 9.59 Å². The summed E-state index contributed by atoms with van der Waals surface area (Å²) >= 11 is 0. The summed E-state index contributed by atoms with van der Waals surface area (Å²) < 4.78 is 10.7. The zero-order valence-electron chi connectivity index (χ0n) is 12.1. The smallest absolute Gasteiger partial charge is 0.332 e. The number of aryl methyl sites for hydroxylation is 1. The van der Waals surface area contributed by atoms with E-state index in [1.807, 2.05) is 26.0 Å². The van der Waals surface area contributed by atoms with Crippen molar-refractivity contribution >= 4 is 17.6 Å². The van der Waals surface area contributed by atoms with Gasteiger partial charge in [-0.15, -0.1) is 0 Å². The first-order chi connectivity index (χ1) is 10.0. The summed E-state index contributed by atoms with van der Waals surface area (Å²) in [4.78, 5) is 23.0. The van der Waals surface area contributed by atoms with Gasteiger partial charge in [0.05, 0.1) is 12.3 Å². The van der Waals surface area contributed by atoms with Crippen molar-refractivity contribution in [3.8, 4) is 5.75 Å². The van der Waals surface area contributed by atoms with E-state index < -0.39 is 18.2 Å². The van der Waals surface area contributed by atoms with Gasteiger partial charge in [-0.1, -0.05) is 6.07 Å². The Morgan fingerprint density at radius 3 is 2.71 bits per heavy atom. The highest BCUT2D eigenvalue weighted by atomic mass is 16.5. The highest BCUT2D eigenvalue weighted by molar-refractivity contribution is 5.96. The molecule has 1 heterocycles. The normalized spacial score (nSPS) is 21.0. The van der Waals surface area contributed by atoms with E-state index in [0.717, 1.165) is 5.56 Å². The number of rotatable bonds is 5. The molecular weight excluding hydrogens is 274 g/mol. The van der Waals surface area contributed by atoms with Gasteiger partial charge in [-0.25, -0.2) is 4.79 Å². The summed E-state index contributed by atoms with van der Waals surface area (Å²) in [6.07, 6.45) is -0.884. The number of carboxylic acid groups (broad SMARTS) is 1. The Hall–Kier alpha value is -2.08. The van der Waals surface area contributed by atoms with Crippen LogP contribution >= 0.6 is 0 Å². The van der Waals surface area contributed by atoms with Crippen LogP contribution in [0.2, 0.25) is 0 Å². The van der Waals surface area contributed by atoms with Gasteiger partial charge in [0.15, 0.2) is 6.10 Å². The van der Waals surface area contributed by atoms with Crippen LogP contribution in [0.25, 0.3) is 0 Å². The molecule has 6 heteroatoms. The molecule has 0 aromatic heterocycles. The van der Waals surface area contributed by atoms with Crippen LogP contribution in [-0.2, 0) is 14.3 Å². The zero-order chi connectivity index (χ0) is 15.4.